The van der Waals surface area contributed by atoms with Crippen LogP contribution in [0.15, 0.2) is 65.3 Å². The van der Waals surface area contributed by atoms with Gasteiger partial charge in [0.1, 0.15) is 11.5 Å². The van der Waals surface area contributed by atoms with Crippen LogP contribution in [0.5, 0.6) is 5.75 Å². The summed E-state index contributed by atoms with van der Waals surface area (Å²) in [7, 11) is 0. The predicted octanol–water partition coefficient (Wildman–Crippen LogP) is 5.00. The molecule has 0 unspecified atom stereocenters. The van der Waals surface area contributed by atoms with Crippen LogP contribution in [0.4, 0.5) is 5.69 Å². The Balaban J connectivity index is 1.81. The maximum atomic E-state index is 10.1. The third-order valence-electron chi connectivity index (χ3n) is 4.04. The van der Waals surface area contributed by atoms with Gasteiger partial charge in [-0.15, -0.1) is 0 Å². The smallest absolute Gasteiger partial charge is 0.174 e. The van der Waals surface area contributed by atoms with Gasteiger partial charge in [-0.05, 0) is 67.5 Å². The molecular weight excluding hydrogens is 344 g/mol. The fourth-order valence-corrected chi connectivity index (χ4v) is 3.14. The number of hydrogen-bond donors (Lipinski definition) is 2. The van der Waals surface area contributed by atoms with Crippen molar-refractivity contribution in [2.24, 2.45) is 0 Å². The third-order valence-corrected chi connectivity index (χ3v) is 4.40. The molecule has 0 aliphatic heterocycles. The lowest BCUT2D eigenvalue weighted by Gasteiger charge is -2.25. The number of benzene rings is 2. The first-order chi connectivity index (χ1) is 12.5. The normalized spacial score (nSPS) is 10.5. The number of phenols is 1. The lowest BCUT2D eigenvalue weighted by Crippen LogP contribution is -2.33. The lowest BCUT2D eigenvalue weighted by molar-refractivity contribution is 0.353. The summed E-state index contributed by atoms with van der Waals surface area (Å²) in [6.45, 7) is 5.11. The second-order valence-electron chi connectivity index (χ2n) is 6.37. The highest BCUT2D eigenvalue weighted by molar-refractivity contribution is 7.80. The van der Waals surface area contributed by atoms with Crippen molar-refractivity contribution >= 4 is 23.0 Å². The van der Waals surface area contributed by atoms with Crippen molar-refractivity contribution in [1.82, 2.24) is 4.90 Å². The van der Waals surface area contributed by atoms with E-state index in [0.717, 1.165) is 17.0 Å². The van der Waals surface area contributed by atoms with Crippen LogP contribution in [0.2, 0.25) is 0 Å². The van der Waals surface area contributed by atoms with E-state index in [2.05, 4.69) is 37.4 Å². The summed E-state index contributed by atoms with van der Waals surface area (Å²) in [5, 5.41) is 14.0. The van der Waals surface area contributed by atoms with E-state index in [-0.39, 0.29) is 5.75 Å². The summed E-state index contributed by atoms with van der Waals surface area (Å²) >= 11 is 5.65. The molecule has 26 heavy (non-hydrogen) atoms. The molecular formula is C21H22N2O2S. The largest absolute Gasteiger partial charge is 0.508 e. The Hall–Kier alpha value is -2.79. The second-order valence-corrected chi connectivity index (χ2v) is 6.76. The van der Waals surface area contributed by atoms with Crippen molar-refractivity contribution in [2.45, 2.75) is 26.9 Å². The Morgan fingerprint density at radius 3 is 2.42 bits per heavy atom. The average molecular weight is 366 g/mol. The summed E-state index contributed by atoms with van der Waals surface area (Å²) in [6.07, 6.45) is 1.65. The summed E-state index contributed by atoms with van der Waals surface area (Å²) in [6, 6.07) is 17.3. The third kappa shape index (κ3) is 4.64. The molecule has 0 aliphatic carbocycles. The van der Waals surface area contributed by atoms with Gasteiger partial charge in [0.15, 0.2) is 5.11 Å². The lowest BCUT2D eigenvalue weighted by atomic mass is 10.1. The minimum Gasteiger partial charge on any atom is -0.508 e. The quantitative estimate of drug-likeness (QED) is 0.622. The predicted molar refractivity (Wildman–Crippen MR) is 108 cm³/mol. The Morgan fingerprint density at radius 2 is 1.77 bits per heavy atom. The standard InChI is InChI=1S/C21H22N2O2S/c1-15-10-16(2)12-18(11-15)22-21(26)23(14-19-7-5-9-25-19)13-17-6-3-4-8-20(17)24/h3-12,24H,13-14H2,1-2H3,(H,22,26). The summed E-state index contributed by atoms with van der Waals surface area (Å²) in [5.41, 5.74) is 4.11. The number of para-hydroxylation sites is 1. The minimum atomic E-state index is 0.256. The van der Waals surface area contributed by atoms with E-state index in [1.807, 2.05) is 35.2 Å². The number of nitrogens with zero attached hydrogens (tertiary/aromatic N) is 1. The molecule has 2 aromatic carbocycles. The Morgan fingerprint density at radius 1 is 1.04 bits per heavy atom. The molecule has 0 spiro atoms. The second kappa shape index (κ2) is 8.06. The highest BCUT2D eigenvalue weighted by Gasteiger charge is 2.15. The maximum Gasteiger partial charge on any atom is 0.174 e. The number of aryl methyl sites for hydroxylation is 2. The van der Waals surface area contributed by atoms with Crippen LogP contribution in [0.25, 0.3) is 0 Å². The Kier molecular flexibility index (Phi) is 5.58. The maximum absolute atomic E-state index is 10.1. The molecule has 3 aromatic rings. The Bertz CT molecular complexity index is 871. The SMILES string of the molecule is Cc1cc(C)cc(NC(=S)N(Cc2ccco2)Cc2ccccc2O)c1. The van der Waals surface area contributed by atoms with Gasteiger partial charge in [0, 0.05) is 17.8 Å². The van der Waals surface area contributed by atoms with Crippen LogP contribution < -0.4 is 5.32 Å². The number of anilines is 1. The van der Waals surface area contributed by atoms with Crippen molar-refractivity contribution in [1.29, 1.82) is 0 Å². The van der Waals surface area contributed by atoms with Gasteiger partial charge in [-0.2, -0.15) is 0 Å². The molecule has 0 radical (unpaired) electrons. The van der Waals surface area contributed by atoms with Crippen molar-refractivity contribution in [2.75, 3.05) is 5.32 Å². The van der Waals surface area contributed by atoms with Gasteiger partial charge in [0.05, 0.1) is 12.8 Å². The molecule has 2 N–H and O–H groups in total. The van der Waals surface area contributed by atoms with Crippen LogP contribution in [-0.4, -0.2) is 15.1 Å². The molecule has 4 nitrogen and oxygen atoms in total. The van der Waals surface area contributed by atoms with E-state index >= 15 is 0 Å². The van der Waals surface area contributed by atoms with Crippen molar-refractivity contribution < 1.29 is 9.52 Å². The van der Waals surface area contributed by atoms with Crippen LogP contribution in [-0.2, 0) is 13.1 Å². The highest BCUT2D eigenvalue weighted by Crippen LogP contribution is 2.21. The molecule has 0 amide bonds. The van der Waals surface area contributed by atoms with Crippen LogP contribution in [0.1, 0.15) is 22.5 Å². The molecule has 134 valence electrons. The van der Waals surface area contributed by atoms with E-state index in [4.69, 9.17) is 16.6 Å². The number of phenolic OH excluding ortho intramolecular Hbond substituents is 1. The number of thiocarbonyl (C=S) groups is 1. The van der Waals surface area contributed by atoms with Crippen molar-refractivity contribution in [3.8, 4) is 5.75 Å². The van der Waals surface area contributed by atoms with Gasteiger partial charge in [-0.1, -0.05) is 24.3 Å². The summed E-state index contributed by atoms with van der Waals surface area (Å²) in [5.74, 6) is 1.07. The number of hydrogen-bond acceptors (Lipinski definition) is 3. The molecule has 0 aliphatic rings. The molecule has 3 rings (SSSR count). The number of aromatic hydroxyl groups is 1. The minimum absolute atomic E-state index is 0.256. The number of rotatable bonds is 5. The molecule has 0 saturated carbocycles. The van der Waals surface area contributed by atoms with E-state index < -0.39 is 0 Å². The van der Waals surface area contributed by atoms with Crippen LogP contribution in [0.3, 0.4) is 0 Å². The molecule has 1 aromatic heterocycles. The monoisotopic (exact) mass is 366 g/mol. The van der Waals surface area contributed by atoms with E-state index in [9.17, 15) is 5.11 Å². The van der Waals surface area contributed by atoms with Gasteiger partial charge in [-0.3, -0.25) is 0 Å². The van der Waals surface area contributed by atoms with Gasteiger partial charge in [-0.25, -0.2) is 0 Å². The van der Waals surface area contributed by atoms with Gasteiger partial charge in [0.25, 0.3) is 0 Å². The molecule has 0 atom stereocenters. The molecule has 0 bridgehead atoms. The van der Waals surface area contributed by atoms with Crippen LogP contribution >= 0.6 is 12.2 Å². The number of nitrogens with one attached hydrogen (secondary N) is 1. The first-order valence-corrected chi connectivity index (χ1v) is 8.85. The molecule has 1 heterocycles. The van der Waals surface area contributed by atoms with E-state index in [1.165, 1.54) is 11.1 Å². The first-order valence-electron chi connectivity index (χ1n) is 8.45. The zero-order valence-electron chi connectivity index (χ0n) is 14.9. The highest BCUT2D eigenvalue weighted by atomic mass is 32.1. The topological polar surface area (TPSA) is 48.6 Å². The average Bonchev–Trinajstić information content (AvgIpc) is 3.08. The van der Waals surface area contributed by atoms with Crippen molar-refractivity contribution in [3.63, 3.8) is 0 Å². The van der Waals surface area contributed by atoms with Crippen LogP contribution in [0, 0.1) is 13.8 Å². The number of furan rings is 1. The fraction of sp³-hybridized carbons (Fsp3) is 0.190. The zero-order chi connectivity index (χ0) is 18.5. The van der Waals surface area contributed by atoms with Gasteiger partial charge < -0.3 is 19.7 Å². The van der Waals surface area contributed by atoms with Crippen molar-refractivity contribution in [3.05, 3.63) is 83.3 Å². The summed E-state index contributed by atoms with van der Waals surface area (Å²) < 4.78 is 5.48. The molecule has 0 saturated heterocycles. The zero-order valence-corrected chi connectivity index (χ0v) is 15.7. The summed E-state index contributed by atoms with van der Waals surface area (Å²) in [4.78, 5) is 1.97. The van der Waals surface area contributed by atoms with Gasteiger partial charge >= 0.3 is 0 Å². The first kappa shape index (κ1) is 18.0. The molecule has 0 fully saturated rings. The van der Waals surface area contributed by atoms with E-state index in [1.54, 1.807) is 12.3 Å². The van der Waals surface area contributed by atoms with Gasteiger partial charge in [0.2, 0.25) is 0 Å². The Labute approximate surface area is 159 Å². The molecule has 5 heteroatoms. The van der Waals surface area contributed by atoms with E-state index in [0.29, 0.717) is 18.2 Å². The fourth-order valence-electron chi connectivity index (χ4n) is 2.89.